The largest absolute Gasteiger partial charge is 0.497 e. The summed E-state index contributed by atoms with van der Waals surface area (Å²) in [5, 5.41) is 8.31. The van der Waals surface area contributed by atoms with Crippen molar-refractivity contribution in [3.63, 3.8) is 0 Å². The topological polar surface area (TPSA) is 99.0 Å². The Morgan fingerprint density at radius 1 is 1.13 bits per heavy atom. The van der Waals surface area contributed by atoms with Crippen molar-refractivity contribution >= 4 is 12.0 Å². The Bertz CT molecular complexity index is 905. The molecule has 1 aromatic carbocycles. The molecule has 160 valence electrons. The first-order valence-electron chi connectivity index (χ1n) is 9.99. The van der Waals surface area contributed by atoms with Crippen molar-refractivity contribution in [2.75, 3.05) is 39.9 Å². The van der Waals surface area contributed by atoms with Crippen molar-refractivity contribution < 1.29 is 23.8 Å². The van der Waals surface area contributed by atoms with E-state index in [0.717, 1.165) is 11.3 Å². The molecule has 4 rings (SSSR count). The van der Waals surface area contributed by atoms with Gasteiger partial charge in [0.1, 0.15) is 11.9 Å². The molecule has 2 aliphatic heterocycles. The highest BCUT2D eigenvalue weighted by Gasteiger charge is 2.32. The Morgan fingerprint density at radius 3 is 2.50 bits per heavy atom. The molecule has 0 N–H and O–H groups in total. The van der Waals surface area contributed by atoms with Gasteiger partial charge in [-0.15, -0.1) is 5.10 Å². The minimum absolute atomic E-state index is 0.166. The summed E-state index contributed by atoms with van der Waals surface area (Å²) >= 11 is 0. The van der Waals surface area contributed by atoms with Gasteiger partial charge in [0, 0.05) is 26.2 Å². The highest BCUT2D eigenvalue weighted by Crippen LogP contribution is 2.28. The summed E-state index contributed by atoms with van der Waals surface area (Å²) in [6.07, 6.45) is -0.509. The average Bonchev–Trinajstić information content (AvgIpc) is 3.22. The molecule has 0 aliphatic carbocycles. The normalized spacial score (nSPS) is 18.7. The summed E-state index contributed by atoms with van der Waals surface area (Å²) < 4.78 is 17.9. The number of hydrogen-bond acceptors (Lipinski definition) is 7. The zero-order chi connectivity index (χ0) is 21.1. The van der Waals surface area contributed by atoms with Crippen LogP contribution in [-0.4, -0.2) is 76.7 Å². The molecule has 2 aliphatic rings. The number of carbonyl (C=O) groups excluding carboxylic acids is 2. The third kappa shape index (κ3) is 3.95. The predicted octanol–water partition coefficient (Wildman–Crippen LogP) is 1.47. The lowest BCUT2D eigenvalue weighted by Crippen LogP contribution is -2.51. The molecule has 3 heterocycles. The molecule has 1 saturated heterocycles. The molecule has 0 bridgehead atoms. The van der Waals surface area contributed by atoms with Crippen molar-refractivity contribution in [2.45, 2.75) is 26.2 Å². The molecule has 2 amide bonds. The summed E-state index contributed by atoms with van der Waals surface area (Å²) in [7, 11) is 1.63. The van der Waals surface area contributed by atoms with Gasteiger partial charge < -0.3 is 24.0 Å². The molecule has 10 heteroatoms. The molecule has 30 heavy (non-hydrogen) atoms. The van der Waals surface area contributed by atoms with Gasteiger partial charge in [-0.2, -0.15) is 0 Å². The molecule has 10 nitrogen and oxygen atoms in total. The summed E-state index contributed by atoms with van der Waals surface area (Å²) in [5.41, 5.74) is 2.00. The molecule has 0 spiro atoms. The number of ether oxygens (including phenoxy) is 3. The van der Waals surface area contributed by atoms with Gasteiger partial charge >= 0.3 is 6.09 Å². The molecule has 0 radical (unpaired) electrons. The number of rotatable bonds is 4. The van der Waals surface area contributed by atoms with Gasteiger partial charge in [-0.25, -0.2) is 9.48 Å². The monoisotopic (exact) mass is 415 g/mol. The summed E-state index contributed by atoms with van der Waals surface area (Å²) in [5.74, 6) is 0.596. The van der Waals surface area contributed by atoms with Gasteiger partial charge in [0.2, 0.25) is 0 Å². The number of carbonyl (C=O) groups is 2. The van der Waals surface area contributed by atoms with Crippen LogP contribution in [0, 0.1) is 0 Å². The van der Waals surface area contributed by atoms with Gasteiger partial charge in [-0.1, -0.05) is 17.3 Å². The highest BCUT2D eigenvalue weighted by atomic mass is 16.6. The third-order valence-electron chi connectivity index (χ3n) is 5.38. The standard InChI is InChI=1S/C20H25N5O5/c1-3-29-20(27)24-10-8-23(9-11-24)19(26)18-16-13-30-17(12-25(16)22-21-18)14-4-6-15(28-2)7-5-14/h4-7,17H,3,8-13H2,1-2H3/t17-/m0/s1. The van der Waals surface area contributed by atoms with E-state index in [2.05, 4.69) is 10.3 Å². The maximum Gasteiger partial charge on any atom is 0.409 e. The van der Waals surface area contributed by atoms with Crippen LogP contribution in [0.15, 0.2) is 24.3 Å². The SMILES string of the molecule is CCOC(=O)N1CCN(C(=O)c2nnn3c2CO[C@H](c2ccc(OC)cc2)C3)CC1. The Balaban J connectivity index is 1.40. The molecule has 1 atom stereocenters. The van der Waals surface area contributed by atoms with Crippen molar-refractivity contribution in [3.05, 3.63) is 41.2 Å². The molecule has 0 unspecified atom stereocenters. The van der Waals surface area contributed by atoms with Crippen LogP contribution in [0.5, 0.6) is 5.75 Å². The number of fused-ring (bicyclic) bond motifs is 1. The number of hydrogen-bond donors (Lipinski definition) is 0. The zero-order valence-electron chi connectivity index (χ0n) is 17.1. The van der Waals surface area contributed by atoms with Gasteiger partial charge in [-0.05, 0) is 24.6 Å². The van der Waals surface area contributed by atoms with E-state index < -0.39 is 0 Å². The fourth-order valence-corrected chi connectivity index (χ4v) is 3.65. The number of nitrogens with zero attached hydrogens (tertiary/aromatic N) is 5. The van der Waals surface area contributed by atoms with Crippen LogP contribution < -0.4 is 4.74 Å². The van der Waals surface area contributed by atoms with Crippen LogP contribution in [0.25, 0.3) is 0 Å². The lowest BCUT2D eigenvalue weighted by atomic mass is 10.1. The van der Waals surface area contributed by atoms with Crippen LogP contribution in [0.4, 0.5) is 4.79 Å². The van der Waals surface area contributed by atoms with E-state index >= 15 is 0 Å². The Labute approximate surface area is 174 Å². The number of aromatic nitrogens is 3. The molecular formula is C20H25N5O5. The van der Waals surface area contributed by atoms with Gasteiger partial charge in [-0.3, -0.25) is 4.79 Å². The van der Waals surface area contributed by atoms with E-state index in [9.17, 15) is 9.59 Å². The molecule has 0 saturated carbocycles. The highest BCUT2D eigenvalue weighted by molar-refractivity contribution is 5.93. The zero-order valence-corrected chi connectivity index (χ0v) is 17.1. The maximum atomic E-state index is 13.0. The smallest absolute Gasteiger partial charge is 0.409 e. The predicted molar refractivity (Wildman–Crippen MR) is 105 cm³/mol. The average molecular weight is 415 g/mol. The second kappa shape index (κ2) is 8.70. The Hall–Kier alpha value is -3.14. The van der Waals surface area contributed by atoms with Crippen molar-refractivity contribution in [1.29, 1.82) is 0 Å². The Kier molecular flexibility index (Phi) is 5.84. The first kappa shape index (κ1) is 20.1. The van der Waals surface area contributed by atoms with Crippen LogP contribution in [-0.2, 0) is 22.6 Å². The Morgan fingerprint density at radius 2 is 1.83 bits per heavy atom. The first-order valence-corrected chi connectivity index (χ1v) is 9.99. The van der Waals surface area contributed by atoms with Crippen LogP contribution in [0.2, 0.25) is 0 Å². The number of benzene rings is 1. The second-order valence-electron chi connectivity index (χ2n) is 7.12. The van der Waals surface area contributed by atoms with E-state index in [1.807, 2.05) is 24.3 Å². The summed E-state index contributed by atoms with van der Waals surface area (Å²) in [6, 6.07) is 7.70. The summed E-state index contributed by atoms with van der Waals surface area (Å²) in [6.45, 7) is 4.58. The van der Waals surface area contributed by atoms with Crippen molar-refractivity contribution in [1.82, 2.24) is 24.8 Å². The van der Waals surface area contributed by atoms with Crippen LogP contribution in [0.1, 0.15) is 34.8 Å². The molecule has 1 fully saturated rings. The first-order chi connectivity index (χ1) is 14.6. The minimum atomic E-state index is -0.344. The van der Waals surface area contributed by atoms with Crippen molar-refractivity contribution in [2.24, 2.45) is 0 Å². The van der Waals surface area contributed by atoms with Gasteiger partial charge in [0.05, 0.1) is 32.6 Å². The summed E-state index contributed by atoms with van der Waals surface area (Å²) in [4.78, 5) is 28.1. The lowest BCUT2D eigenvalue weighted by Gasteiger charge is -2.33. The fraction of sp³-hybridized carbons (Fsp3) is 0.500. The lowest BCUT2D eigenvalue weighted by molar-refractivity contribution is -0.00205. The number of methoxy groups -OCH3 is 1. The molecule has 1 aromatic heterocycles. The van der Waals surface area contributed by atoms with Crippen molar-refractivity contribution in [3.8, 4) is 5.75 Å². The van der Waals surface area contributed by atoms with E-state index in [0.29, 0.717) is 50.7 Å². The fourth-order valence-electron chi connectivity index (χ4n) is 3.65. The number of piperazine rings is 1. The van der Waals surface area contributed by atoms with E-state index in [4.69, 9.17) is 14.2 Å². The van der Waals surface area contributed by atoms with E-state index in [1.165, 1.54) is 0 Å². The van der Waals surface area contributed by atoms with Gasteiger partial charge in [0.15, 0.2) is 5.69 Å². The third-order valence-corrected chi connectivity index (χ3v) is 5.38. The maximum absolute atomic E-state index is 13.0. The van der Waals surface area contributed by atoms with Crippen LogP contribution in [0.3, 0.4) is 0 Å². The van der Waals surface area contributed by atoms with Crippen LogP contribution >= 0.6 is 0 Å². The van der Waals surface area contributed by atoms with E-state index in [-0.39, 0.29) is 24.7 Å². The van der Waals surface area contributed by atoms with Gasteiger partial charge in [0.25, 0.3) is 5.91 Å². The second-order valence-corrected chi connectivity index (χ2v) is 7.12. The number of amides is 2. The minimum Gasteiger partial charge on any atom is -0.497 e. The molecule has 2 aromatic rings. The van der Waals surface area contributed by atoms with E-state index in [1.54, 1.807) is 28.5 Å². The molecular weight excluding hydrogens is 390 g/mol. The quantitative estimate of drug-likeness (QED) is 0.746.